The van der Waals surface area contributed by atoms with E-state index in [0.29, 0.717) is 5.92 Å². The molecule has 1 amide bonds. The zero-order valence-electron chi connectivity index (χ0n) is 13.2. The molecular formula is C17H27N3O. The van der Waals surface area contributed by atoms with Crippen molar-refractivity contribution in [3.8, 4) is 0 Å². The zero-order chi connectivity index (χ0) is 15.1. The molecule has 1 unspecified atom stereocenters. The van der Waals surface area contributed by atoms with Crippen LogP contribution < -0.4 is 16.0 Å². The molecule has 0 aliphatic carbocycles. The molecule has 0 fully saturated rings. The maximum atomic E-state index is 12.4. The molecule has 0 spiro atoms. The molecule has 116 valence electrons. The number of hydrogen-bond acceptors (Lipinski definition) is 3. The minimum absolute atomic E-state index is 0.0259. The highest BCUT2D eigenvalue weighted by molar-refractivity contribution is 6.02. The van der Waals surface area contributed by atoms with E-state index in [1.165, 1.54) is 19.3 Å². The number of unbranched alkanes of at least 4 members (excludes halogenated alkanes) is 1. The number of rotatable bonds is 7. The highest BCUT2D eigenvalue weighted by Gasteiger charge is 2.17. The van der Waals surface area contributed by atoms with Crippen LogP contribution in [-0.4, -0.2) is 25.5 Å². The summed E-state index contributed by atoms with van der Waals surface area (Å²) in [6.45, 7) is 6.92. The molecule has 1 heterocycles. The third-order valence-electron chi connectivity index (χ3n) is 4.15. The normalized spacial score (nSPS) is 14.6. The van der Waals surface area contributed by atoms with Gasteiger partial charge in [0.05, 0.1) is 16.9 Å². The first-order valence-corrected chi connectivity index (χ1v) is 8.15. The van der Waals surface area contributed by atoms with Gasteiger partial charge >= 0.3 is 0 Å². The average molecular weight is 289 g/mol. The van der Waals surface area contributed by atoms with E-state index in [2.05, 4.69) is 29.8 Å². The minimum atomic E-state index is 0.0259. The second kappa shape index (κ2) is 7.91. The first-order chi connectivity index (χ1) is 10.3. The SMILES string of the molecule is CCCCC(CC)CNC(=O)c1cccc2c1NCCN2. The quantitative estimate of drug-likeness (QED) is 0.720. The number of benzene rings is 1. The fourth-order valence-electron chi connectivity index (χ4n) is 2.74. The van der Waals surface area contributed by atoms with Gasteiger partial charge in [-0.25, -0.2) is 0 Å². The van der Waals surface area contributed by atoms with E-state index >= 15 is 0 Å². The lowest BCUT2D eigenvalue weighted by atomic mass is 9.99. The van der Waals surface area contributed by atoms with Gasteiger partial charge in [-0.1, -0.05) is 39.2 Å². The van der Waals surface area contributed by atoms with Crippen molar-refractivity contribution < 1.29 is 4.79 Å². The predicted molar refractivity (Wildman–Crippen MR) is 89.1 cm³/mol. The summed E-state index contributed by atoms with van der Waals surface area (Å²) in [6.07, 6.45) is 4.76. The Morgan fingerprint density at radius 1 is 1.29 bits per heavy atom. The Kier molecular flexibility index (Phi) is 5.90. The van der Waals surface area contributed by atoms with Crippen LogP contribution in [0.15, 0.2) is 18.2 Å². The molecule has 0 saturated carbocycles. The average Bonchev–Trinajstić information content (AvgIpc) is 2.54. The Bertz CT molecular complexity index is 473. The smallest absolute Gasteiger partial charge is 0.253 e. The molecule has 3 N–H and O–H groups in total. The van der Waals surface area contributed by atoms with E-state index in [4.69, 9.17) is 0 Å². The summed E-state index contributed by atoms with van der Waals surface area (Å²) in [4.78, 5) is 12.4. The summed E-state index contributed by atoms with van der Waals surface area (Å²) in [5.74, 6) is 0.609. The lowest BCUT2D eigenvalue weighted by Crippen LogP contribution is -2.31. The van der Waals surface area contributed by atoms with Crippen molar-refractivity contribution in [3.63, 3.8) is 0 Å². The third kappa shape index (κ3) is 4.13. The molecule has 1 aromatic rings. The van der Waals surface area contributed by atoms with E-state index in [1.54, 1.807) is 0 Å². The van der Waals surface area contributed by atoms with Gasteiger partial charge in [0, 0.05) is 19.6 Å². The summed E-state index contributed by atoms with van der Waals surface area (Å²) in [5, 5.41) is 9.75. The molecule has 1 aliphatic heterocycles. The highest BCUT2D eigenvalue weighted by atomic mass is 16.1. The van der Waals surface area contributed by atoms with Gasteiger partial charge < -0.3 is 16.0 Å². The molecule has 0 bridgehead atoms. The Morgan fingerprint density at radius 2 is 2.10 bits per heavy atom. The monoisotopic (exact) mass is 289 g/mol. The first-order valence-electron chi connectivity index (χ1n) is 8.15. The molecule has 1 aromatic carbocycles. The summed E-state index contributed by atoms with van der Waals surface area (Å²) in [7, 11) is 0. The number of carbonyl (C=O) groups excluding carboxylic acids is 1. The van der Waals surface area contributed by atoms with Gasteiger partial charge in [0.2, 0.25) is 0 Å². The lowest BCUT2D eigenvalue weighted by Gasteiger charge is -2.23. The van der Waals surface area contributed by atoms with Gasteiger partial charge in [-0.15, -0.1) is 0 Å². The molecule has 0 radical (unpaired) electrons. The predicted octanol–water partition coefficient (Wildman–Crippen LogP) is 3.47. The Morgan fingerprint density at radius 3 is 2.86 bits per heavy atom. The highest BCUT2D eigenvalue weighted by Crippen LogP contribution is 2.28. The second-order valence-corrected chi connectivity index (χ2v) is 5.71. The molecule has 0 saturated heterocycles. The van der Waals surface area contributed by atoms with Crippen molar-refractivity contribution in [2.24, 2.45) is 5.92 Å². The molecule has 2 rings (SSSR count). The first kappa shape index (κ1) is 15.7. The van der Waals surface area contributed by atoms with Gasteiger partial charge in [0.15, 0.2) is 0 Å². The number of para-hydroxylation sites is 1. The van der Waals surface area contributed by atoms with Crippen LogP contribution in [-0.2, 0) is 0 Å². The van der Waals surface area contributed by atoms with E-state index in [0.717, 1.165) is 43.0 Å². The van der Waals surface area contributed by atoms with Crippen molar-refractivity contribution in [1.29, 1.82) is 0 Å². The van der Waals surface area contributed by atoms with Crippen molar-refractivity contribution in [2.75, 3.05) is 30.3 Å². The number of hydrogen-bond donors (Lipinski definition) is 3. The largest absolute Gasteiger partial charge is 0.382 e. The molecule has 1 aliphatic rings. The Balaban J connectivity index is 1.97. The third-order valence-corrected chi connectivity index (χ3v) is 4.15. The van der Waals surface area contributed by atoms with Crippen LogP contribution in [0.2, 0.25) is 0 Å². The molecule has 21 heavy (non-hydrogen) atoms. The lowest BCUT2D eigenvalue weighted by molar-refractivity contribution is 0.0946. The topological polar surface area (TPSA) is 53.2 Å². The maximum Gasteiger partial charge on any atom is 0.253 e. The van der Waals surface area contributed by atoms with Crippen molar-refractivity contribution in [3.05, 3.63) is 23.8 Å². The zero-order valence-corrected chi connectivity index (χ0v) is 13.2. The van der Waals surface area contributed by atoms with Crippen LogP contribution in [0.1, 0.15) is 49.9 Å². The summed E-state index contributed by atoms with van der Waals surface area (Å²) in [6, 6.07) is 5.83. The standard InChI is InChI=1S/C17H27N3O/c1-3-5-7-13(4-2)12-20-17(21)14-8-6-9-15-16(14)19-11-10-18-15/h6,8-9,13,18-19H,3-5,7,10-12H2,1-2H3,(H,20,21). The van der Waals surface area contributed by atoms with Crippen molar-refractivity contribution >= 4 is 17.3 Å². The maximum absolute atomic E-state index is 12.4. The van der Waals surface area contributed by atoms with E-state index in [1.807, 2.05) is 18.2 Å². The van der Waals surface area contributed by atoms with Crippen molar-refractivity contribution in [2.45, 2.75) is 39.5 Å². The summed E-state index contributed by atoms with van der Waals surface area (Å²) >= 11 is 0. The fraction of sp³-hybridized carbons (Fsp3) is 0.588. The van der Waals surface area contributed by atoms with Gasteiger partial charge in [-0.2, -0.15) is 0 Å². The van der Waals surface area contributed by atoms with Crippen LogP contribution in [0.3, 0.4) is 0 Å². The molecular weight excluding hydrogens is 262 g/mol. The molecule has 1 atom stereocenters. The number of nitrogens with one attached hydrogen (secondary N) is 3. The van der Waals surface area contributed by atoms with E-state index < -0.39 is 0 Å². The second-order valence-electron chi connectivity index (χ2n) is 5.71. The molecule has 4 nitrogen and oxygen atoms in total. The van der Waals surface area contributed by atoms with Gasteiger partial charge in [-0.05, 0) is 24.5 Å². The van der Waals surface area contributed by atoms with Crippen LogP contribution in [0.4, 0.5) is 11.4 Å². The number of anilines is 2. The van der Waals surface area contributed by atoms with Crippen LogP contribution in [0, 0.1) is 5.92 Å². The van der Waals surface area contributed by atoms with Gasteiger partial charge in [0.25, 0.3) is 5.91 Å². The Hall–Kier alpha value is -1.71. The van der Waals surface area contributed by atoms with Crippen molar-refractivity contribution in [1.82, 2.24) is 5.32 Å². The minimum Gasteiger partial charge on any atom is -0.382 e. The molecule has 0 aromatic heterocycles. The fourth-order valence-corrected chi connectivity index (χ4v) is 2.74. The number of carbonyl (C=O) groups is 1. The van der Waals surface area contributed by atoms with E-state index in [-0.39, 0.29) is 5.91 Å². The summed E-state index contributed by atoms with van der Waals surface area (Å²) < 4.78 is 0. The molecule has 4 heteroatoms. The number of fused-ring (bicyclic) bond motifs is 1. The van der Waals surface area contributed by atoms with Gasteiger partial charge in [-0.3, -0.25) is 4.79 Å². The van der Waals surface area contributed by atoms with Gasteiger partial charge in [0.1, 0.15) is 0 Å². The Labute approximate surface area is 127 Å². The van der Waals surface area contributed by atoms with E-state index in [9.17, 15) is 4.79 Å². The van der Waals surface area contributed by atoms with Crippen LogP contribution >= 0.6 is 0 Å². The number of amides is 1. The van der Waals surface area contributed by atoms with Crippen LogP contribution in [0.25, 0.3) is 0 Å². The summed E-state index contributed by atoms with van der Waals surface area (Å²) in [5.41, 5.74) is 2.69. The van der Waals surface area contributed by atoms with Crippen LogP contribution in [0.5, 0.6) is 0 Å².